The van der Waals surface area contributed by atoms with E-state index in [1.807, 2.05) is 0 Å². The fourth-order valence-corrected chi connectivity index (χ4v) is 1.28. The van der Waals surface area contributed by atoms with Crippen LogP contribution in [0, 0.1) is 10.1 Å². The highest BCUT2D eigenvalue weighted by Crippen LogP contribution is 2.20. The van der Waals surface area contributed by atoms with E-state index in [4.69, 9.17) is 11.6 Å². The van der Waals surface area contributed by atoms with Gasteiger partial charge in [-0.25, -0.2) is 9.97 Å². The van der Waals surface area contributed by atoms with Gasteiger partial charge in [-0.1, -0.05) is 11.6 Å². The first-order valence-corrected chi connectivity index (χ1v) is 4.50. The minimum atomic E-state index is -0.521. The van der Waals surface area contributed by atoms with Gasteiger partial charge in [0.15, 0.2) is 0 Å². The van der Waals surface area contributed by atoms with Gasteiger partial charge in [-0.15, -0.1) is 0 Å². The summed E-state index contributed by atoms with van der Waals surface area (Å²) in [4.78, 5) is 16.4. The van der Waals surface area contributed by atoms with E-state index in [2.05, 4.69) is 9.97 Å². The van der Waals surface area contributed by atoms with Gasteiger partial charge >= 0.3 is 5.82 Å². The maximum atomic E-state index is 10.4. The van der Waals surface area contributed by atoms with Gasteiger partial charge in [0.05, 0.1) is 0 Å². The average molecular weight is 224 g/mol. The minimum Gasteiger partial charge on any atom is -0.358 e. The van der Waals surface area contributed by atoms with Gasteiger partial charge in [0.1, 0.15) is 6.20 Å². The normalized spacial score (nSPS) is 10.2. The Kier molecular flexibility index (Phi) is 2.39. The van der Waals surface area contributed by atoms with Crippen LogP contribution < -0.4 is 0 Å². The van der Waals surface area contributed by atoms with Gasteiger partial charge in [-0.3, -0.25) is 0 Å². The summed E-state index contributed by atoms with van der Waals surface area (Å²) in [6, 6.07) is 6.88. The van der Waals surface area contributed by atoms with Crippen LogP contribution in [-0.4, -0.2) is 14.9 Å². The average Bonchev–Trinajstić information content (AvgIpc) is 2.68. The van der Waals surface area contributed by atoms with Crippen molar-refractivity contribution in [3.8, 4) is 11.4 Å². The number of hydrogen-bond donors (Lipinski definition) is 1. The van der Waals surface area contributed by atoms with Crippen molar-refractivity contribution in [2.75, 3.05) is 0 Å². The molecule has 0 unspecified atom stereocenters. The number of hydrogen-bond acceptors (Lipinski definition) is 3. The quantitative estimate of drug-likeness (QED) is 0.628. The van der Waals surface area contributed by atoms with Crippen LogP contribution in [0.3, 0.4) is 0 Å². The van der Waals surface area contributed by atoms with Crippen LogP contribution in [-0.2, 0) is 0 Å². The molecule has 2 rings (SSSR count). The number of aromatic amines is 1. The predicted molar refractivity (Wildman–Crippen MR) is 55.7 cm³/mol. The molecule has 6 heteroatoms. The summed E-state index contributed by atoms with van der Waals surface area (Å²) in [7, 11) is 0. The highest BCUT2D eigenvalue weighted by atomic mass is 35.5. The van der Waals surface area contributed by atoms with E-state index in [1.165, 1.54) is 6.20 Å². The molecule has 1 aromatic heterocycles. The van der Waals surface area contributed by atoms with Crippen molar-refractivity contribution in [3.05, 3.63) is 45.6 Å². The molecule has 0 spiro atoms. The Morgan fingerprint density at radius 2 is 2.00 bits per heavy atom. The SMILES string of the molecule is O=[N+]([O-])c1cnc(-c2ccc(Cl)cc2)[nH]1. The van der Waals surface area contributed by atoms with E-state index in [0.717, 1.165) is 5.56 Å². The van der Waals surface area contributed by atoms with Crippen molar-refractivity contribution >= 4 is 17.4 Å². The Hall–Kier alpha value is -1.88. The van der Waals surface area contributed by atoms with Crippen LogP contribution in [0.1, 0.15) is 0 Å². The molecule has 15 heavy (non-hydrogen) atoms. The molecule has 0 fully saturated rings. The first-order valence-electron chi connectivity index (χ1n) is 4.12. The molecule has 76 valence electrons. The van der Waals surface area contributed by atoms with Gasteiger partial charge in [-0.05, 0) is 29.2 Å². The Balaban J connectivity index is 2.37. The number of nitrogens with zero attached hydrogens (tertiary/aromatic N) is 2. The Bertz CT molecular complexity index is 492. The first-order chi connectivity index (χ1) is 7.16. The van der Waals surface area contributed by atoms with Gasteiger partial charge in [0.25, 0.3) is 0 Å². The number of H-pyrrole nitrogens is 1. The number of nitro groups is 1. The summed E-state index contributed by atoms with van der Waals surface area (Å²) < 4.78 is 0. The molecule has 0 aliphatic carbocycles. The minimum absolute atomic E-state index is 0.125. The van der Waals surface area contributed by atoms with Gasteiger partial charge in [-0.2, -0.15) is 0 Å². The van der Waals surface area contributed by atoms with E-state index < -0.39 is 4.92 Å². The molecule has 0 aliphatic rings. The van der Waals surface area contributed by atoms with E-state index in [1.54, 1.807) is 24.3 Å². The van der Waals surface area contributed by atoms with Crippen LogP contribution in [0.25, 0.3) is 11.4 Å². The van der Waals surface area contributed by atoms with Crippen LogP contribution >= 0.6 is 11.6 Å². The van der Waals surface area contributed by atoms with E-state index in [-0.39, 0.29) is 5.82 Å². The molecule has 0 saturated carbocycles. The number of nitrogens with one attached hydrogen (secondary N) is 1. The van der Waals surface area contributed by atoms with Crippen LogP contribution in [0.5, 0.6) is 0 Å². The highest BCUT2D eigenvalue weighted by molar-refractivity contribution is 6.30. The van der Waals surface area contributed by atoms with Crippen LogP contribution in [0.4, 0.5) is 5.82 Å². The smallest absolute Gasteiger partial charge is 0.340 e. The molecule has 0 radical (unpaired) electrons. The topological polar surface area (TPSA) is 71.8 Å². The first kappa shape index (κ1) is 9.67. The van der Waals surface area contributed by atoms with E-state index in [9.17, 15) is 10.1 Å². The van der Waals surface area contributed by atoms with Crippen molar-refractivity contribution < 1.29 is 4.92 Å². The standard InChI is InChI=1S/C9H6ClN3O2/c10-7-3-1-6(2-4-7)9-11-5-8(12-9)13(14)15/h1-5H,(H,11,12). The second kappa shape index (κ2) is 3.70. The molecule has 2 aromatic rings. The third-order valence-corrected chi connectivity index (χ3v) is 2.13. The lowest BCUT2D eigenvalue weighted by Crippen LogP contribution is -1.87. The maximum absolute atomic E-state index is 10.4. The lowest BCUT2D eigenvalue weighted by molar-refractivity contribution is -0.389. The van der Waals surface area contributed by atoms with Crippen molar-refractivity contribution in [2.45, 2.75) is 0 Å². The molecule has 1 heterocycles. The van der Waals surface area contributed by atoms with Gasteiger partial charge in [0.2, 0.25) is 5.82 Å². The molecular weight excluding hydrogens is 218 g/mol. The van der Waals surface area contributed by atoms with Crippen LogP contribution in [0.15, 0.2) is 30.5 Å². The monoisotopic (exact) mass is 223 g/mol. The fraction of sp³-hybridized carbons (Fsp3) is 0. The summed E-state index contributed by atoms with van der Waals surface area (Å²) >= 11 is 5.72. The Morgan fingerprint density at radius 1 is 1.33 bits per heavy atom. The molecule has 0 amide bonds. The van der Waals surface area contributed by atoms with Crippen molar-refractivity contribution in [2.24, 2.45) is 0 Å². The van der Waals surface area contributed by atoms with Crippen molar-refractivity contribution in [1.82, 2.24) is 9.97 Å². The third-order valence-electron chi connectivity index (χ3n) is 1.88. The zero-order valence-electron chi connectivity index (χ0n) is 7.48. The highest BCUT2D eigenvalue weighted by Gasteiger charge is 2.11. The molecule has 0 aliphatic heterocycles. The summed E-state index contributed by atoms with van der Waals surface area (Å²) in [5, 5.41) is 11.0. The second-order valence-corrected chi connectivity index (χ2v) is 3.32. The number of imidazole rings is 1. The third kappa shape index (κ3) is 1.97. The molecule has 1 N–H and O–H groups in total. The lowest BCUT2D eigenvalue weighted by atomic mass is 10.2. The number of benzene rings is 1. The number of halogens is 1. The Morgan fingerprint density at radius 3 is 2.53 bits per heavy atom. The van der Waals surface area contributed by atoms with Crippen molar-refractivity contribution in [1.29, 1.82) is 0 Å². The maximum Gasteiger partial charge on any atom is 0.340 e. The van der Waals surface area contributed by atoms with Gasteiger partial charge < -0.3 is 10.1 Å². The number of aromatic nitrogens is 2. The predicted octanol–water partition coefficient (Wildman–Crippen LogP) is 2.64. The molecule has 5 nitrogen and oxygen atoms in total. The summed E-state index contributed by atoms with van der Waals surface area (Å²) in [5.41, 5.74) is 0.757. The summed E-state index contributed by atoms with van der Waals surface area (Å²) in [5.74, 6) is 0.332. The molecular formula is C9H6ClN3O2. The molecule has 0 atom stereocenters. The molecule has 1 aromatic carbocycles. The van der Waals surface area contributed by atoms with Gasteiger partial charge in [0, 0.05) is 10.6 Å². The summed E-state index contributed by atoms with van der Waals surface area (Å²) in [6.45, 7) is 0. The van der Waals surface area contributed by atoms with E-state index in [0.29, 0.717) is 10.8 Å². The molecule has 0 saturated heterocycles. The van der Waals surface area contributed by atoms with Crippen LogP contribution in [0.2, 0.25) is 5.02 Å². The van der Waals surface area contributed by atoms with E-state index >= 15 is 0 Å². The largest absolute Gasteiger partial charge is 0.358 e. The fourth-order valence-electron chi connectivity index (χ4n) is 1.16. The molecule has 0 bridgehead atoms. The second-order valence-electron chi connectivity index (χ2n) is 2.88. The lowest BCUT2D eigenvalue weighted by Gasteiger charge is -1.93. The zero-order valence-corrected chi connectivity index (χ0v) is 8.23. The zero-order chi connectivity index (χ0) is 10.8. The Labute approximate surface area is 89.9 Å². The number of rotatable bonds is 2. The van der Waals surface area contributed by atoms with Crippen molar-refractivity contribution in [3.63, 3.8) is 0 Å². The summed E-state index contributed by atoms with van der Waals surface area (Å²) in [6.07, 6.45) is 1.18.